The number of rotatable bonds is 2. The first-order valence-corrected chi connectivity index (χ1v) is 12.6. The average molecular weight is 428 g/mol. The summed E-state index contributed by atoms with van der Waals surface area (Å²) in [5, 5.41) is 5.71. The standard InChI is InChI=1S/C32H29N/c1-2-8-24-20-32(33-17-16-22(24)6-1)31-19-25(21-9-5-10-21)18-30-28-13-12-23-7-3-4-11-26(23)27(28)14-15-29(30)31/h1-4,6-8,11-12,14-17,21,25H,5,9-10,13,18-20H2. The second-order valence-electron chi connectivity index (χ2n) is 10.2. The van der Waals surface area contributed by atoms with Gasteiger partial charge in [0.2, 0.25) is 0 Å². The Morgan fingerprint density at radius 2 is 1.58 bits per heavy atom. The summed E-state index contributed by atoms with van der Waals surface area (Å²) in [6, 6.07) is 22.5. The van der Waals surface area contributed by atoms with E-state index in [9.17, 15) is 0 Å². The number of fused-ring (bicyclic) bond motifs is 5. The van der Waals surface area contributed by atoms with E-state index >= 15 is 0 Å². The normalized spacial score (nSPS) is 20.9. The van der Waals surface area contributed by atoms with Gasteiger partial charge in [-0.15, -0.1) is 0 Å². The number of aliphatic imine (C=N–C) groups is 1. The van der Waals surface area contributed by atoms with Crippen molar-refractivity contribution in [3.05, 3.63) is 110 Å². The van der Waals surface area contributed by atoms with Crippen LogP contribution in [-0.2, 0) is 19.3 Å². The van der Waals surface area contributed by atoms with E-state index in [4.69, 9.17) is 4.99 Å². The van der Waals surface area contributed by atoms with E-state index in [1.54, 1.807) is 11.1 Å². The maximum absolute atomic E-state index is 5.04. The molecule has 0 radical (unpaired) electrons. The number of benzene rings is 3. The minimum absolute atomic E-state index is 0.759. The molecule has 0 saturated heterocycles. The van der Waals surface area contributed by atoms with Gasteiger partial charge in [0.15, 0.2) is 0 Å². The highest BCUT2D eigenvalue weighted by molar-refractivity contribution is 6.20. The van der Waals surface area contributed by atoms with Crippen molar-refractivity contribution in [1.82, 2.24) is 0 Å². The molecule has 1 saturated carbocycles. The average Bonchev–Trinajstić information content (AvgIpc) is 3.04. The van der Waals surface area contributed by atoms with Crippen LogP contribution < -0.4 is 10.4 Å². The zero-order valence-electron chi connectivity index (χ0n) is 19.1. The Hall–Kier alpha value is -3.19. The van der Waals surface area contributed by atoms with E-state index in [1.165, 1.54) is 75.4 Å². The maximum atomic E-state index is 5.04. The van der Waals surface area contributed by atoms with E-state index in [0.29, 0.717) is 0 Å². The molecule has 4 aliphatic rings. The molecular formula is C32H29N. The molecule has 0 N–H and O–H groups in total. The summed E-state index contributed by atoms with van der Waals surface area (Å²) in [4.78, 5) is 5.04. The summed E-state index contributed by atoms with van der Waals surface area (Å²) < 4.78 is 0. The molecule has 33 heavy (non-hydrogen) atoms. The van der Waals surface area contributed by atoms with Gasteiger partial charge < -0.3 is 0 Å². The molecule has 3 aromatic rings. The van der Waals surface area contributed by atoms with E-state index in [1.807, 2.05) is 6.20 Å². The summed E-state index contributed by atoms with van der Waals surface area (Å²) >= 11 is 0. The molecule has 3 aromatic carbocycles. The molecule has 1 fully saturated rings. The fraction of sp³-hybridized carbons (Fsp3) is 0.281. The third-order valence-electron chi connectivity index (χ3n) is 8.53. The first kappa shape index (κ1) is 19.3. The third kappa shape index (κ3) is 3.17. The molecule has 1 aliphatic heterocycles. The lowest BCUT2D eigenvalue weighted by Gasteiger charge is -2.38. The van der Waals surface area contributed by atoms with Gasteiger partial charge in [0, 0.05) is 18.3 Å². The Morgan fingerprint density at radius 3 is 2.48 bits per heavy atom. The predicted molar refractivity (Wildman–Crippen MR) is 137 cm³/mol. The monoisotopic (exact) mass is 427 g/mol. The maximum Gasteiger partial charge on any atom is 0.0485 e. The quantitative estimate of drug-likeness (QED) is 0.513. The molecule has 0 aromatic heterocycles. The summed E-state index contributed by atoms with van der Waals surface area (Å²) in [7, 11) is 0. The molecule has 7 rings (SSSR count). The SMILES string of the molecule is C1=Cc2ccccc2CC(C2=c3ccc4c(c3CC(C3CCC3)C2)CC=c2ccccc2=4)=N1. The third-order valence-corrected chi connectivity index (χ3v) is 8.53. The van der Waals surface area contributed by atoms with Crippen LogP contribution in [0, 0.1) is 22.3 Å². The van der Waals surface area contributed by atoms with E-state index in [-0.39, 0.29) is 0 Å². The van der Waals surface area contributed by atoms with Crippen molar-refractivity contribution in [3.63, 3.8) is 0 Å². The van der Waals surface area contributed by atoms with Gasteiger partial charge in [0.05, 0.1) is 0 Å². The fourth-order valence-electron chi connectivity index (χ4n) is 6.53. The molecule has 3 aliphatic carbocycles. The number of hydrogen-bond donors (Lipinski definition) is 0. The minimum Gasteiger partial charge on any atom is -0.261 e. The van der Waals surface area contributed by atoms with Crippen molar-refractivity contribution in [2.75, 3.05) is 0 Å². The van der Waals surface area contributed by atoms with E-state index < -0.39 is 0 Å². The molecule has 1 unspecified atom stereocenters. The van der Waals surface area contributed by atoms with Crippen LogP contribution in [0.5, 0.6) is 0 Å². The van der Waals surface area contributed by atoms with Gasteiger partial charge in [0.25, 0.3) is 0 Å². The molecule has 1 heteroatoms. The Morgan fingerprint density at radius 1 is 0.727 bits per heavy atom. The van der Waals surface area contributed by atoms with Crippen LogP contribution in [0.3, 0.4) is 0 Å². The van der Waals surface area contributed by atoms with Crippen LogP contribution in [0.1, 0.15) is 47.9 Å². The van der Waals surface area contributed by atoms with Crippen LogP contribution in [0.2, 0.25) is 0 Å². The highest BCUT2D eigenvalue weighted by Crippen LogP contribution is 2.41. The van der Waals surface area contributed by atoms with Gasteiger partial charge in [-0.25, -0.2) is 0 Å². The van der Waals surface area contributed by atoms with Gasteiger partial charge in [-0.3, -0.25) is 4.99 Å². The number of nitrogens with zero attached hydrogens (tertiary/aromatic N) is 1. The van der Waals surface area contributed by atoms with Gasteiger partial charge >= 0.3 is 0 Å². The van der Waals surface area contributed by atoms with Crippen molar-refractivity contribution in [2.45, 2.75) is 44.9 Å². The van der Waals surface area contributed by atoms with E-state index in [0.717, 1.165) is 24.7 Å². The van der Waals surface area contributed by atoms with Gasteiger partial charge in [-0.2, -0.15) is 0 Å². The fourth-order valence-corrected chi connectivity index (χ4v) is 6.53. The molecule has 162 valence electrons. The highest BCUT2D eigenvalue weighted by Gasteiger charge is 2.33. The topological polar surface area (TPSA) is 12.4 Å². The van der Waals surface area contributed by atoms with Gasteiger partial charge in [0.1, 0.15) is 0 Å². The molecule has 0 amide bonds. The van der Waals surface area contributed by atoms with Crippen molar-refractivity contribution < 1.29 is 0 Å². The second-order valence-corrected chi connectivity index (χ2v) is 10.2. The van der Waals surface area contributed by atoms with Gasteiger partial charge in [-0.1, -0.05) is 86.0 Å². The van der Waals surface area contributed by atoms with Crippen molar-refractivity contribution in [2.24, 2.45) is 16.8 Å². The Kier molecular flexibility index (Phi) is 4.50. The summed E-state index contributed by atoms with van der Waals surface area (Å²) in [5.74, 6) is 1.65. The Labute approximate surface area is 195 Å². The van der Waals surface area contributed by atoms with Crippen LogP contribution >= 0.6 is 0 Å². The summed E-state index contributed by atoms with van der Waals surface area (Å²) in [6.45, 7) is 0. The molecule has 0 spiro atoms. The lowest BCUT2D eigenvalue weighted by atomic mass is 9.67. The summed E-state index contributed by atoms with van der Waals surface area (Å²) in [6.07, 6.45) is 15.3. The Balaban J connectivity index is 1.46. The first-order valence-electron chi connectivity index (χ1n) is 12.6. The van der Waals surface area contributed by atoms with Crippen LogP contribution in [0.25, 0.3) is 17.7 Å². The largest absolute Gasteiger partial charge is 0.261 e. The van der Waals surface area contributed by atoms with E-state index in [2.05, 4.69) is 72.8 Å². The summed E-state index contributed by atoms with van der Waals surface area (Å²) in [5.41, 5.74) is 8.67. The number of hydrogen-bond acceptors (Lipinski definition) is 1. The van der Waals surface area contributed by atoms with Crippen molar-refractivity contribution in [1.29, 1.82) is 0 Å². The minimum atomic E-state index is 0.759. The molecular weight excluding hydrogens is 398 g/mol. The highest BCUT2D eigenvalue weighted by atomic mass is 14.7. The first-order chi connectivity index (χ1) is 16.3. The van der Waals surface area contributed by atoms with Crippen LogP contribution in [-0.4, -0.2) is 5.71 Å². The van der Waals surface area contributed by atoms with Crippen LogP contribution in [0.15, 0.2) is 71.9 Å². The second kappa shape index (κ2) is 7.70. The lowest BCUT2D eigenvalue weighted by Crippen LogP contribution is -2.35. The zero-order chi connectivity index (χ0) is 21.8. The van der Waals surface area contributed by atoms with Gasteiger partial charge in [-0.05, 0) is 85.9 Å². The van der Waals surface area contributed by atoms with Crippen molar-refractivity contribution in [3.8, 4) is 0 Å². The predicted octanol–water partition coefficient (Wildman–Crippen LogP) is 5.49. The molecule has 1 atom stereocenters. The van der Waals surface area contributed by atoms with Crippen molar-refractivity contribution >= 4 is 23.4 Å². The van der Waals surface area contributed by atoms with Crippen LogP contribution in [0.4, 0.5) is 0 Å². The molecule has 0 bridgehead atoms. The zero-order valence-corrected chi connectivity index (χ0v) is 19.1. The molecule has 1 nitrogen and oxygen atoms in total. The smallest absolute Gasteiger partial charge is 0.0485 e. The lowest BCUT2D eigenvalue weighted by molar-refractivity contribution is 0.205. The molecule has 1 heterocycles. The Bertz CT molecular complexity index is 1550.